The third-order valence-corrected chi connectivity index (χ3v) is 3.43. The molecule has 1 N–H and O–H groups in total. The van der Waals surface area contributed by atoms with Gasteiger partial charge in [0.2, 0.25) is 5.75 Å². The molecule has 0 unspecified atom stereocenters. The first-order chi connectivity index (χ1) is 9.30. The van der Waals surface area contributed by atoms with Crippen LogP contribution >= 0.6 is 0 Å². The van der Waals surface area contributed by atoms with Gasteiger partial charge < -0.3 is 23.8 Å². The third-order valence-electron chi connectivity index (χ3n) is 3.43. The maximum atomic E-state index is 5.50. The van der Waals surface area contributed by atoms with Gasteiger partial charge in [-0.05, 0) is 12.1 Å². The molecule has 0 radical (unpaired) electrons. The predicted octanol–water partition coefficient (Wildman–Crippen LogP) is 0.128. The van der Waals surface area contributed by atoms with E-state index in [1.165, 1.54) is 4.90 Å². The average Bonchev–Trinajstić information content (AvgIpc) is 2.47. The van der Waals surface area contributed by atoms with Crippen molar-refractivity contribution in [1.29, 1.82) is 0 Å². The van der Waals surface area contributed by atoms with Crippen molar-refractivity contribution in [3.8, 4) is 17.2 Å². The molecule has 1 heterocycles. The van der Waals surface area contributed by atoms with Crippen LogP contribution in [0.3, 0.4) is 0 Å². The summed E-state index contributed by atoms with van der Waals surface area (Å²) in [5, 5.41) is 0. The van der Waals surface area contributed by atoms with E-state index in [0.29, 0.717) is 11.5 Å². The molecular formula is C14H22NO4+. The maximum Gasteiger partial charge on any atom is 0.203 e. The van der Waals surface area contributed by atoms with E-state index in [1.807, 2.05) is 12.1 Å². The van der Waals surface area contributed by atoms with Gasteiger partial charge in [-0.25, -0.2) is 0 Å². The lowest BCUT2D eigenvalue weighted by Gasteiger charge is -2.25. The van der Waals surface area contributed by atoms with Crippen LogP contribution in [0.4, 0.5) is 0 Å². The molecule has 0 spiro atoms. The Morgan fingerprint density at radius 3 is 2.26 bits per heavy atom. The quantitative estimate of drug-likeness (QED) is 0.824. The molecule has 0 bridgehead atoms. The van der Waals surface area contributed by atoms with Gasteiger partial charge in [0.25, 0.3) is 0 Å². The number of methoxy groups -OCH3 is 3. The summed E-state index contributed by atoms with van der Waals surface area (Å²) >= 11 is 0. The van der Waals surface area contributed by atoms with Gasteiger partial charge in [-0.1, -0.05) is 0 Å². The summed E-state index contributed by atoms with van der Waals surface area (Å²) < 4.78 is 21.6. The van der Waals surface area contributed by atoms with Crippen molar-refractivity contribution in [3.63, 3.8) is 0 Å². The normalized spacial score (nSPS) is 16.2. The zero-order valence-electron chi connectivity index (χ0n) is 11.8. The molecule has 1 aliphatic rings. The van der Waals surface area contributed by atoms with E-state index in [0.717, 1.165) is 44.2 Å². The first-order valence-corrected chi connectivity index (χ1v) is 6.49. The Balaban J connectivity index is 2.23. The minimum absolute atomic E-state index is 0.662. The number of hydrogen-bond acceptors (Lipinski definition) is 4. The van der Waals surface area contributed by atoms with Gasteiger partial charge >= 0.3 is 0 Å². The van der Waals surface area contributed by atoms with Crippen LogP contribution in [-0.4, -0.2) is 47.6 Å². The second-order valence-corrected chi connectivity index (χ2v) is 4.53. The summed E-state index contributed by atoms with van der Waals surface area (Å²) in [6, 6.07) is 3.97. The van der Waals surface area contributed by atoms with Crippen LogP contribution in [0.2, 0.25) is 0 Å². The lowest BCUT2D eigenvalue weighted by atomic mass is 10.1. The minimum Gasteiger partial charge on any atom is -0.493 e. The van der Waals surface area contributed by atoms with E-state index in [2.05, 4.69) is 0 Å². The molecule has 1 aromatic carbocycles. The largest absolute Gasteiger partial charge is 0.493 e. The number of hydrogen-bond donors (Lipinski definition) is 1. The standard InChI is InChI=1S/C14H21NO4/c1-16-12-5-4-11(13(17-2)14(12)18-3)10-15-6-8-19-9-7-15/h4-5H,6-10H2,1-3H3/p+1. The highest BCUT2D eigenvalue weighted by atomic mass is 16.5. The molecule has 5 nitrogen and oxygen atoms in total. The Labute approximate surface area is 114 Å². The summed E-state index contributed by atoms with van der Waals surface area (Å²) in [5.74, 6) is 2.12. The molecule has 0 saturated carbocycles. The molecule has 1 saturated heterocycles. The van der Waals surface area contributed by atoms with Crippen LogP contribution < -0.4 is 19.1 Å². The monoisotopic (exact) mass is 268 g/mol. The van der Waals surface area contributed by atoms with Crippen molar-refractivity contribution >= 4 is 0 Å². The highest BCUT2D eigenvalue weighted by molar-refractivity contribution is 5.55. The Bertz CT molecular complexity index is 416. The summed E-state index contributed by atoms with van der Waals surface area (Å²) in [7, 11) is 4.92. The van der Waals surface area contributed by atoms with Gasteiger partial charge in [-0.2, -0.15) is 0 Å². The fourth-order valence-corrected chi connectivity index (χ4v) is 2.41. The van der Waals surface area contributed by atoms with Crippen molar-refractivity contribution < 1.29 is 23.8 Å². The highest BCUT2D eigenvalue weighted by Gasteiger charge is 2.21. The summed E-state index contributed by atoms with van der Waals surface area (Å²) in [6.45, 7) is 4.61. The summed E-state index contributed by atoms with van der Waals surface area (Å²) in [5.41, 5.74) is 1.14. The molecule has 19 heavy (non-hydrogen) atoms. The lowest BCUT2D eigenvalue weighted by Crippen LogP contribution is -3.12. The van der Waals surface area contributed by atoms with Gasteiger partial charge in [0, 0.05) is 0 Å². The van der Waals surface area contributed by atoms with E-state index in [1.54, 1.807) is 21.3 Å². The lowest BCUT2D eigenvalue weighted by molar-refractivity contribution is -0.921. The minimum atomic E-state index is 0.662. The first kappa shape index (κ1) is 14.0. The smallest absolute Gasteiger partial charge is 0.203 e. The highest BCUT2D eigenvalue weighted by Crippen LogP contribution is 2.39. The van der Waals surface area contributed by atoms with E-state index < -0.39 is 0 Å². The number of quaternary nitrogens is 1. The van der Waals surface area contributed by atoms with Crippen LogP contribution in [0.15, 0.2) is 12.1 Å². The number of nitrogens with one attached hydrogen (secondary N) is 1. The third kappa shape index (κ3) is 3.11. The average molecular weight is 268 g/mol. The second-order valence-electron chi connectivity index (χ2n) is 4.53. The van der Waals surface area contributed by atoms with Gasteiger partial charge in [0.05, 0.1) is 40.1 Å². The zero-order valence-corrected chi connectivity index (χ0v) is 11.8. The van der Waals surface area contributed by atoms with Crippen LogP contribution in [0.25, 0.3) is 0 Å². The number of ether oxygens (including phenoxy) is 4. The van der Waals surface area contributed by atoms with Crippen molar-refractivity contribution in [2.24, 2.45) is 0 Å². The SMILES string of the molecule is COc1ccc(C[NH+]2CCOCC2)c(OC)c1OC. The van der Waals surface area contributed by atoms with E-state index >= 15 is 0 Å². The predicted molar refractivity (Wildman–Crippen MR) is 71.3 cm³/mol. The van der Waals surface area contributed by atoms with Crippen LogP contribution in [0.5, 0.6) is 17.2 Å². The Kier molecular flexibility index (Phi) is 4.87. The molecule has 0 atom stereocenters. The molecular weight excluding hydrogens is 246 g/mol. The molecule has 2 rings (SSSR count). The molecule has 5 heteroatoms. The van der Waals surface area contributed by atoms with Crippen LogP contribution in [0, 0.1) is 0 Å². The first-order valence-electron chi connectivity index (χ1n) is 6.49. The van der Waals surface area contributed by atoms with Gasteiger partial charge in [0.15, 0.2) is 11.5 Å². The van der Waals surface area contributed by atoms with Crippen LogP contribution in [0.1, 0.15) is 5.56 Å². The van der Waals surface area contributed by atoms with Gasteiger partial charge in [-0.3, -0.25) is 0 Å². The van der Waals surface area contributed by atoms with Crippen LogP contribution in [-0.2, 0) is 11.3 Å². The molecule has 1 aliphatic heterocycles. The van der Waals surface area contributed by atoms with E-state index in [-0.39, 0.29) is 0 Å². The molecule has 1 aromatic rings. The number of benzene rings is 1. The molecule has 1 fully saturated rings. The Morgan fingerprint density at radius 2 is 1.68 bits per heavy atom. The molecule has 106 valence electrons. The van der Waals surface area contributed by atoms with Crippen molar-refractivity contribution in [2.45, 2.75) is 6.54 Å². The van der Waals surface area contributed by atoms with Crippen molar-refractivity contribution in [2.75, 3.05) is 47.6 Å². The van der Waals surface area contributed by atoms with Gasteiger partial charge in [0.1, 0.15) is 19.6 Å². The number of rotatable bonds is 5. The fourth-order valence-electron chi connectivity index (χ4n) is 2.41. The molecule has 0 amide bonds. The van der Waals surface area contributed by atoms with E-state index in [9.17, 15) is 0 Å². The van der Waals surface area contributed by atoms with Crippen molar-refractivity contribution in [1.82, 2.24) is 0 Å². The van der Waals surface area contributed by atoms with Crippen molar-refractivity contribution in [3.05, 3.63) is 17.7 Å². The second kappa shape index (κ2) is 6.63. The Hall–Kier alpha value is -1.46. The number of morpholine rings is 1. The maximum absolute atomic E-state index is 5.50. The molecule has 0 aromatic heterocycles. The Morgan fingerprint density at radius 1 is 1.00 bits per heavy atom. The van der Waals surface area contributed by atoms with Gasteiger partial charge in [-0.15, -0.1) is 0 Å². The summed E-state index contributed by atoms with van der Waals surface area (Å²) in [6.07, 6.45) is 0. The molecule has 0 aliphatic carbocycles. The fraction of sp³-hybridized carbons (Fsp3) is 0.571. The van der Waals surface area contributed by atoms with E-state index in [4.69, 9.17) is 18.9 Å². The topological polar surface area (TPSA) is 41.4 Å². The summed E-state index contributed by atoms with van der Waals surface area (Å²) in [4.78, 5) is 1.50. The zero-order chi connectivity index (χ0) is 13.7.